The zero-order valence-corrected chi connectivity index (χ0v) is 12.4. The van der Waals surface area contributed by atoms with Gasteiger partial charge in [-0.1, -0.05) is 11.3 Å². The second kappa shape index (κ2) is 6.33. The first-order valence-electron chi connectivity index (χ1n) is 5.99. The molecule has 0 saturated carbocycles. The number of thiophene rings is 1. The molecular weight excluding hydrogens is 312 g/mol. The number of hydrogen-bond donors (Lipinski definition) is 0. The Morgan fingerprint density at radius 1 is 1.45 bits per heavy atom. The molecule has 1 fully saturated rings. The molecule has 1 aliphatic heterocycles. The molecule has 1 aliphatic rings. The molecule has 5 nitrogen and oxygen atoms in total. The first kappa shape index (κ1) is 15.6. The van der Waals surface area contributed by atoms with Crippen LogP contribution in [0.4, 0.5) is 8.78 Å². The lowest BCUT2D eigenvalue weighted by atomic mass is 10.2. The van der Waals surface area contributed by atoms with Gasteiger partial charge < -0.3 is 9.47 Å². The van der Waals surface area contributed by atoms with Crippen molar-refractivity contribution in [2.45, 2.75) is 23.2 Å². The Bertz CT molecular complexity index is 546. The predicted octanol–water partition coefficient (Wildman–Crippen LogP) is 1.80. The first-order chi connectivity index (χ1) is 9.45. The highest BCUT2D eigenvalue weighted by atomic mass is 32.2. The second-order valence-electron chi connectivity index (χ2n) is 4.21. The van der Waals surface area contributed by atoms with Crippen LogP contribution >= 0.6 is 11.3 Å². The summed E-state index contributed by atoms with van der Waals surface area (Å²) in [5.41, 5.74) is 0. The van der Waals surface area contributed by atoms with Crippen LogP contribution < -0.4 is 4.74 Å². The maximum absolute atomic E-state index is 12.6. The summed E-state index contributed by atoms with van der Waals surface area (Å²) in [5.74, 6) is 0. The van der Waals surface area contributed by atoms with E-state index >= 15 is 0 Å². The minimum Gasteiger partial charge on any atom is -0.487 e. The predicted molar refractivity (Wildman–Crippen MR) is 70.0 cm³/mol. The molecule has 114 valence electrons. The summed E-state index contributed by atoms with van der Waals surface area (Å²) in [6.45, 7) is 0.0695. The first-order valence-corrected chi connectivity index (χ1v) is 8.24. The Labute approximate surface area is 120 Å². The van der Waals surface area contributed by atoms with E-state index in [1.165, 1.54) is 17.5 Å². The summed E-state index contributed by atoms with van der Waals surface area (Å²) < 4.78 is 61.2. The third-order valence-electron chi connectivity index (χ3n) is 2.97. The quantitative estimate of drug-likeness (QED) is 0.846. The molecule has 1 unspecified atom stereocenters. The van der Waals surface area contributed by atoms with Gasteiger partial charge in [-0.2, -0.15) is 4.31 Å². The highest BCUT2D eigenvalue weighted by Gasteiger charge is 2.32. The molecule has 0 aliphatic carbocycles. The largest absolute Gasteiger partial charge is 0.487 e. The third-order valence-corrected chi connectivity index (χ3v) is 6.38. The number of hydrogen-bond acceptors (Lipinski definition) is 5. The van der Waals surface area contributed by atoms with E-state index in [0.717, 1.165) is 11.3 Å². The van der Waals surface area contributed by atoms with Gasteiger partial charge in [0.05, 0.1) is 13.7 Å². The molecule has 0 aromatic carbocycles. The van der Waals surface area contributed by atoms with Crippen molar-refractivity contribution in [1.82, 2.24) is 4.31 Å². The topological polar surface area (TPSA) is 55.8 Å². The molecular formula is C11H15F2NO4S2. The van der Waals surface area contributed by atoms with Crippen molar-refractivity contribution in [1.29, 1.82) is 0 Å². The Morgan fingerprint density at radius 2 is 2.20 bits per heavy atom. The smallest absolute Gasteiger partial charge is 0.264 e. The molecule has 9 heteroatoms. The summed E-state index contributed by atoms with van der Waals surface area (Å²) in [4.78, 5) is 0. The molecule has 0 N–H and O–H groups in total. The Hall–Kier alpha value is -0.770. The zero-order valence-electron chi connectivity index (χ0n) is 10.8. The third kappa shape index (κ3) is 3.27. The lowest BCUT2D eigenvalue weighted by Crippen LogP contribution is -2.33. The van der Waals surface area contributed by atoms with Crippen LogP contribution in [0.15, 0.2) is 16.3 Å². The number of alkyl halides is 2. The van der Waals surface area contributed by atoms with Crippen molar-refractivity contribution in [3.05, 3.63) is 12.1 Å². The van der Waals surface area contributed by atoms with Crippen molar-refractivity contribution in [2.24, 2.45) is 0 Å². The normalized spacial score (nSPS) is 21.9. The lowest BCUT2D eigenvalue weighted by molar-refractivity contribution is -0.0495. The Kier molecular flexibility index (Phi) is 4.95. The number of ether oxygens (including phenoxy) is 2. The molecule has 0 radical (unpaired) electrons. The van der Waals surface area contributed by atoms with Crippen molar-refractivity contribution in [3.63, 3.8) is 0 Å². The summed E-state index contributed by atoms with van der Waals surface area (Å²) in [6.07, 6.45) is -3.81. The highest BCUT2D eigenvalue weighted by Crippen LogP contribution is 2.30. The van der Waals surface area contributed by atoms with E-state index in [-0.39, 0.29) is 30.3 Å². The Morgan fingerprint density at radius 3 is 2.80 bits per heavy atom. The van der Waals surface area contributed by atoms with Gasteiger partial charge in [0.2, 0.25) is 0 Å². The van der Waals surface area contributed by atoms with Crippen LogP contribution in [0.5, 0.6) is 5.06 Å². The molecule has 2 heterocycles. The maximum Gasteiger partial charge on any atom is 0.264 e. The van der Waals surface area contributed by atoms with Gasteiger partial charge in [-0.05, 0) is 18.6 Å². The van der Waals surface area contributed by atoms with E-state index in [4.69, 9.17) is 9.47 Å². The summed E-state index contributed by atoms with van der Waals surface area (Å²) in [5, 5.41) is 0.486. The van der Waals surface area contributed by atoms with Crippen LogP contribution in [0.1, 0.15) is 6.42 Å². The fourth-order valence-corrected chi connectivity index (χ4v) is 4.58. The number of halogens is 2. The van der Waals surface area contributed by atoms with E-state index < -0.39 is 22.6 Å². The number of rotatable bonds is 4. The van der Waals surface area contributed by atoms with E-state index in [1.54, 1.807) is 6.07 Å². The average molecular weight is 327 g/mol. The van der Waals surface area contributed by atoms with Crippen LogP contribution in [-0.2, 0) is 14.8 Å². The van der Waals surface area contributed by atoms with Gasteiger partial charge in [-0.3, -0.25) is 0 Å². The van der Waals surface area contributed by atoms with E-state index in [0.29, 0.717) is 5.06 Å². The fraction of sp³-hybridized carbons (Fsp3) is 0.636. The van der Waals surface area contributed by atoms with E-state index in [1.807, 2.05) is 0 Å². The molecule has 1 aromatic rings. The van der Waals surface area contributed by atoms with Crippen LogP contribution in [-0.4, -0.2) is 52.1 Å². The summed E-state index contributed by atoms with van der Waals surface area (Å²) in [7, 11) is -2.22. The monoisotopic (exact) mass is 327 g/mol. The minimum atomic E-state index is -3.68. The minimum absolute atomic E-state index is 0.0145. The zero-order chi connectivity index (χ0) is 14.8. The molecule has 1 atom stereocenters. The van der Waals surface area contributed by atoms with E-state index in [2.05, 4.69) is 0 Å². The van der Waals surface area contributed by atoms with Gasteiger partial charge in [0, 0.05) is 13.1 Å². The van der Waals surface area contributed by atoms with Crippen molar-refractivity contribution in [3.8, 4) is 5.06 Å². The fourth-order valence-electron chi connectivity index (χ4n) is 1.89. The van der Waals surface area contributed by atoms with Crippen LogP contribution in [0.3, 0.4) is 0 Å². The van der Waals surface area contributed by atoms with Crippen LogP contribution in [0.25, 0.3) is 0 Å². The van der Waals surface area contributed by atoms with Gasteiger partial charge >= 0.3 is 0 Å². The van der Waals surface area contributed by atoms with Gasteiger partial charge in [0.1, 0.15) is 10.3 Å². The lowest BCUT2D eigenvalue weighted by Gasteiger charge is -2.18. The van der Waals surface area contributed by atoms with Crippen molar-refractivity contribution < 1.29 is 26.7 Å². The van der Waals surface area contributed by atoms with Crippen LogP contribution in [0.2, 0.25) is 0 Å². The maximum atomic E-state index is 12.6. The molecule has 1 aromatic heterocycles. The molecule has 0 spiro atoms. The summed E-state index contributed by atoms with van der Waals surface area (Å²) in [6, 6.07) is 3.02. The molecule has 1 saturated heterocycles. The van der Waals surface area contributed by atoms with Gasteiger partial charge in [-0.15, -0.1) is 0 Å². The van der Waals surface area contributed by atoms with Crippen LogP contribution in [0, 0.1) is 0 Å². The molecule has 2 rings (SSSR count). The number of nitrogens with zero attached hydrogens (tertiary/aromatic N) is 1. The summed E-state index contributed by atoms with van der Waals surface area (Å²) >= 11 is 1.01. The van der Waals surface area contributed by atoms with Crippen molar-refractivity contribution in [2.75, 3.05) is 26.8 Å². The van der Waals surface area contributed by atoms with E-state index in [9.17, 15) is 17.2 Å². The Balaban J connectivity index is 2.13. The van der Waals surface area contributed by atoms with Gasteiger partial charge in [-0.25, -0.2) is 17.2 Å². The number of sulfonamides is 1. The average Bonchev–Trinajstić information content (AvgIpc) is 2.75. The molecule has 0 bridgehead atoms. The number of methoxy groups -OCH3 is 1. The van der Waals surface area contributed by atoms with Gasteiger partial charge in [0.15, 0.2) is 5.06 Å². The highest BCUT2D eigenvalue weighted by molar-refractivity contribution is 7.91. The van der Waals surface area contributed by atoms with Gasteiger partial charge in [0.25, 0.3) is 16.4 Å². The second-order valence-corrected chi connectivity index (χ2v) is 7.43. The SMILES string of the molecule is COc1ccc(S(=O)(=O)N2CCOC(C(F)F)CC2)s1. The molecule has 20 heavy (non-hydrogen) atoms. The standard InChI is InChI=1S/C11H15F2NO4S2/c1-17-9-2-3-10(19-9)20(15,16)14-5-4-8(11(12)13)18-7-6-14/h2-3,8,11H,4-7H2,1H3. The molecule has 0 amide bonds. The van der Waals surface area contributed by atoms with Crippen molar-refractivity contribution >= 4 is 21.4 Å².